The normalized spacial score (nSPS) is 16.2. The van der Waals surface area contributed by atoms with Crippen LogP contribution in [0.5, 0.6) is 11.5 Å². The van der Waals surface area contributed by atoms with Crippen molar-refractivity contribution in [1.29, 1.82) is 0 Å². The van der Waals surface area contributed by atoms with Crippen LogP contribution >= 0.6 is 15.9 Å². The van der Waals surface area contributed by atoms with E-state index in [2.05, 4.69) is 21.2 Å². The third-order valence-corrected chi connectivity index (χ3v) is 4.15. The molecule has 1 saturated carbocycles. The van der Waals surface area contributed by atoms with E-state index < -0.39 is 0 Å². The number of methoxy groups -OCH3 is 2. The summed E-state index contributed by atoms with van der Waals surface area (Å²) < 4.78 is 11.6. The van der Waals surface area contributed by atoms with Crippen molar-refractivity contribution in [3.05, 3.63) is 22.2 Å². The fourth-order valence-corrected chi connectivity index (χ4v) is 2.69. The first kappa shape index (κ1) is 14.6. The van der Waals surface area contributed by atoms with E-state index in [1.54, 1.807) is 14.2 Å². The molecule has 0 spiro atoms. The fraction of sp³-hybridized carbons (Fsp3) is 0.571. The summed E-state index contributed by atoms with van der Waals surface area (Å²) in [7, 11) is 3.28. The van der Waals surface area contributed by atoms with Gasteiger partial charge in [0.1, 0.15) is 0 Å². The van der Waals surface area contributed by atoms with Gasteiger partial charge in [0.25, 0.3) is 0 Å². The summed E-state index contributed by atoms with van der Waals surface area (Å²) in [5, 5.41) is 3.53. The number of nitrogens with one attached hydrogen (secondary N) is 1. The molecule has 4 nitrogen and oxygen atoms in total. The van der Waals surface area contributed by atoms with Crippen molar-refractivity contribution in [2.75, 3.05) is 27.3 Å². The van der Waals surface area contributed by atoms with Gasteiger partial charge in [-0.3, -0.25) is 0 Å². The summed E-state index contributed by atoms with van der Waals surface area (Å²) in [4.78, 5) is 0. The van der Waals surface area contributed by atoms with Gasteiger partial charge in [0.05, 0.1) is 14.2 Å². The molecule has 0 radical (unpaired) electrons. The third-order valence-electron chi connectivity index (χ3n) is 3.46. The molecule has 0 heterocycles. The minimum atomic E-state index is 0.134. The minimum absolute atomic E-state index is 0.134. The predicted octanol–water partition coefficient (Wildman–Crippen LogP) is 2.47. The lowest BCUT2D eigenvalue weighted by atomic mass is 10.1. The van der Waals surface area contributed by atoms with Crippen LogP contribution in [0.25, 0.3) is 0 Å². The van der Waals surface area contributed by atoms with Crippen molar-refractivity contribution in [3.63, 3.8) is 0 Å². The molecular weight excluding hydrogens is 308 g/mol. The molecule has 106 valence electrons. The lowest BCUT2D eigenvalue weighted by Gasteiger charge is -2.20. The molecule has 0 saturated heterocycles. The Morgan fingerprint density at radius 3 is 2.47 bits per heavy atom. The Balaban J connectivity index is 2.19. The largest absolute Gasteiger partial charge is 0.493 e. The van der Waals surface area contributed by atoms with Gasteiger partial charge < -0.3 is 20.5 Å². The molecule has 5 heteroatoms. The minimum Gasteiger partial charge on any atom is -0.493 e. The highest BCUT2D eigenvalue weighted by Gasteiger charge is 2.23. The van der Waals surface area contributed by atoms with Gasteiger partial charge in [-0.1, -0.05) is 15.9 Å². The molecule has 1 aliphatic carbocycles. The predicted molar refractivity (Wildman–Crippen MR) is 79.8 cm³/mol. The van der Waals surface area contributed by atoms with Gasteiger partial charge in [0.15, 0.2) is 11.5 Å². The molecule has 0 amide bonds. The summed E-state index contributed by atoms with van der Waals surface area (Å²) in [6.07, 6.45) is 2.66. The first-order chi connectivity index (χ1) is 9.19. The van der Waals surface area contributed by atoms with Crippen molar-refractivity contribution in [1.82, 2.24) is 5.32 Å². The second-order valence-corrected chi connectivity index (χ2v) is 5.72. The number of halogens is 1. The summed E-state index contributed by atoms with van der Waals surface area (Å²) in [6.45, 7) is 1.59. The van der Waals surface area contributed by atoms with Crippen LogP contribution in [-0.4, -0.2) is 27.3 Å². The van der Waals surface area contributed by atoms with E-state index in [9.17, 15) is 0 Å². The second-order valence-electron chi connectivity index (χ2n) is 4.87. The highest BCUT2D eigenvalue weighted by Crippen LogP contribution is 2.36. The lowest BCUT2D eigenvalue weighted by Crippen LogP contribution is -2.30. The number of rotatable bonds is 7. The van der Waals surface area contributed by atoms with E-state index in [1.807, 2.05) is 12.1 Å². The molecule has 0 bridgehead atoms. The van der Waals surface area contributed by atoms with Crippen molar-refractivity contribution < 1.29 is 9.47 Å². The molecule has 19 heavy (non-hydrogen) atoms. The van der Waals surface area contributed by atoms with Crippen LogP contribution in [0.1, 0.15) is 24.4 Å². The van der Waals surface area contributed by atoms with Gasteiger partial charge in [0.2, 0.25) is 0 Å². The molecular formula is C14H21BrN2O2. The Labute approximate surface area is 122 Å². The Hall–Kier alpha value is -0.780. The van der Waals surface area contributed by atoms with Crippen LogP contribution in [0.2, 0.25) is 0 Å². The van der Waals surface area contributed by atoms with Crippen LogP contribution in [-0.2, 0) is 0 Å². The van der Waals surface area contributed by atoms with E-state index in [-0.39, 0.29) is 6.04 Å². The number of benzene rings is 1. The number of hydrogen-bond donors (Lipinski definition) is 2. The molecule has 1 atom stereocenters. The first-order valence-electron chi connectivity index (χ1n) is 6.54. The average molecular weight is 329 g/mol. The monoisotopic (exact) mass is 328 g/mol. The van der Waals surface area contributed by atoms with Crippen LogP contribution in [0.15, 0.2) is 16.6 Å². The van der Waals surface area contributed by atoms with Gasteiger partial charge in [-0.2, -0.15) is 0 Å². The molecule has 1 aromatic rings. The number of nitrogens with two attached hydrogens (primary N) is 1. The van der Waals surface area contributed by atoms with Crippen molar-refractivity contribution in [2.24, 2.45) is 11.7 Å². The molecule has 3 N–H and O–H groups in total. The zero-order valence-corrected chi connectivity index (χ0v) is 13.0. The van der Waals surface area contributed by atoms with Crippen molar-refractivity contribution in [2.45, 2.75) is 18.9 Å². The number of ether oxygens (including phenoxy) is 2. The highest BCUT2D eigenvalue weighted by atomic mass is 79.9. The smallest absolute Gasteiger partial charge is 0.161 e. The molecule has 0 aliphatic heterocycles. The van der Waals surface area contributed by atoms with Gasteiger partial charge in [-0.05, 0) is 43.0 Å². The zero-order chi connectivity index (χ0) is 13.8. The van der Waals surface area contributed by atoms with Gasteiger partial charge in [-0.25, -0.2) is 0 Å². The maximum Gasteiger partial charge on any atom is 0.161 e. The lowest BCUT2D eigenvalue weighted by molar-refractivity contribution is 0.353. The molecule has 1 fully saturated rings. The summed E-state index contributed by atoms with van der Waals surface area (Å²) in [5.74, 6) is 2.27. The SMILES string of the molecule is COc1cc(Br)c(C(CN)NCC2CC2)cc1OC. The van der Waals surface area contributed by atoms with Gasteiger partial charge in [0, 0.05) is 17.1 Å². The third kappa shape index (κ3) is 3.61. The molecule has 1 aliphatic rings. The Bertz CT molecular complexity index is 436. The standard InChI is InChI=1S/C14H21BrN2O2/c1-18-13-5-10(11(15)6-14(13)19-2)12(7-16)17-8-9-3-4-9/h5-6,9,12,17H,3-4,7-8,16H2,1-2H3. The molecule has 2 rings (SSSR count). The summed E-state index contributed by atoms with van der Waals surface area (Å²) in [6, 6.07) is 4.05. The van der Waals surface area contributed by atoms with E-state index in [4.69, 9.17) is 15.2 Å². The topological polar surface area (TPSA) is 56.5 Å². The molecule has 0 aromatic heterocycles. The van der Waals surface area contributed by atoms with E-state index in [0.29, 0.717) is 6.54 Å². The van der Waals surface area contributed by atoms with Crippen LogP contribution in [0, 0.1) is 5.92 Å². The average Bonchev–Trinajstić information content (AvgIpc) is 3.24. The Kier molecular flexibility index (Phi) is 5.07. The van der Waals surface area contributed by atoms with Crippen LogP contribution in [0.3, 0.4) is 0 Å². The quantitative estimate of drug-likeness (QED) is 0.807. The number of hydrogen-bond acceptors (Lipinski definition) is 4. The molecule has 1 aromatic carbocycles. The van der Waals surface area contributed by atoms with Gasteiger partial charge in [-0.15, -0.1) is 0 Å². The van der Waals surface area contributed by atoms with Crippen molar-refractivity contribution in [3.8, 4) is 11.5 Å². The summed E-state index contributed by atoms with van der Waals surface area (Å²) in [5.41, 5.74) is 7.00. The highest BCUT2D eigenvalue weighted by molar-refractivity contribution is 9.10. The van der Waals surface area contributed by atoms with Crippen LogP contribution < -0.4 is 20.5 Å². The zero-order valence-electron chi connectivity index (χ0n) is 11.4. The maximum atomic E-state index is 5.89. The fourth-order valence-electron chi connectivity index (χ4n) is 2.09. The first-order valence-corrected chi connectivity index (χ1v) is 7.33. The van der Waals surface area contributed by atoms with E-state index in [0.717, 1.165) is 34.0 Å². The van der Waals surface area contributed by atoms with Gasteiger partial charge >= 0.3 is 0 Å². The Morgan fingerprint density at radius 1 is 1.32 bits per heavy atom. The molecule has 1 unspecified atom stereocenters. The van der Waals surface area contributed by atoms with Crippen LogP contribution in [0.4, 0.5) is 0 Å². The summed E-state index contributed by atoms with van der Waals surface area (Å²) >= 11 is 3.58. The Morgan fingerprint density at radius 2 is 1.95 bits per heavy atom. The van der Waals surface area contributed by atoms with E-state index in [1.165, 1.54) is 12.8 Å². The maximum absolute atomic E-state index is 5.89. The van der Waals surface area contributed by atoms with Crippen molar-refractivity contribution >= 4 is 15.9 Å². The second kappa shape index (κ2) is 6.59. The van der Waals surface area contributed by atoms with E-state index >= 15 is 0 Å².